The summed E-state index contributed by atoms with van der Waals surface area (Å²) in [7, 11) is 0. The van der Waals surface area contributed by atoms with E-state index in [1.165, 1.54) is 11.1 Å². The van der Waals surface area contributed by atoms with Crippen molar-refractivity contribution in [3.63, 3.8) is 0 Å². The normalized spacial score (nSPS) is 13.1. The molecule has 19 heavy (non-hydrogen) atoms. The highest BCUT2D eigenvalue weighted by atomic mass is 35.5. The number of carbonyl (C=O) groups is 1. The second-order valence-electron chi connectivity index (χ2n) is 5.71. The molecule has 0 aliphatic carbocycles. The number of alkyl halides is 1. The van der Waals surface area contributed by atoms with Crippen molar-refractivity contribution in [2.24, 2.45) is 0 Å². The quantitative estimate of drug-likeness (QED) is 0.601. The molecular weight excluding hydrogens is 260 g/mol. The van der Waals surface area contributed by atoms with E-state index in [1.54, 1.807) is 6.92 Å². The molecule has 0 bridgehead atoms. The van der Waals surface area contributed by atoms with Gasteiger partial charge in [-0.2, -0.15) is 0 Å². The summed E-state index contributed by atoms with van der Waals surface area (Å²) in [5.74, 6) is -0.324. The van der Waals surface area contributed by atoms with E-state index < -0.39 is 5.38 Å². The first kappa shape index (κ1) is 16.0. The van der Waals surface area contributed by atoms with E-state index in [0.717, 1.165) is 6.42 Å². The van der Waals surface area contributed by atoms with Gasteiger partial charge in [-0.05, 0) is 36.3 Å². The largest absolute Gasteiger partial charge is 0.465 e. The number of rotatable bonds is 5. The summed E-state index contributed by atoms with van der Waals surface area (Å²) in [6, 6.07) is 8.50. The minimum Gasteiger partial charge on any atom is -0.465 e. The smallest absolute Gasteiger partial charge is 0.324 e. The molecule has 0 fully saturated rings. The van der Waals surface area contributed by atoms with Crippen LogP contribution in [0.15, 0.2) is 24.3 Å². The highest BCUT2D eigenvalue weighted by molar-refractivity contribution is 6.29. The van der Waals surface area contributed by atoms with Gasteiger partial charge in [0.25, 0.3) is 0 Å². The minimum atomic E-state index is -0.553. The Morgan fingerprint density at radius 3 is 2.32 bits per heavy atom. The van der Waals surface area contributed by atoms with E-state index in [2.05, 4.69) is 45.0 Å². The molecule has 0 radical (unpaired) electrons. The van der Waals surface area contributed by atoms with Crippen LogP contribution in [0.25, 0.3) is 0 Å². The highest BCUT2D eigenvalue weighted by Crippen LogP contribution is 2.22. The number of hydrogen-bond acceptors (Lipinski definition) is 2. The molecule has 0 heterocycles. The Hall–Kier alpha value is -1.02. The Labute approximate surface area is 121 Å². The average molecular weight is 283 g/mol. The fraction of sp³-hybridized carbons (Fsp3) is 0.562. The van der Waals surface area contributed by atoms with E-state index in [4.69, 9.17) is 16.3 Å². The summed E-state index contributed by atoms with van der Waals surface area (Å²) in [6.45, 7) is 8.74. The van der Waals surface area contributed by atoms with Crippen molar-refractivity contribution in [1.29, 1.82) is 0 Å². The third kappa shape index (κ3) is 5.23. The molecule has 0 saturated heterocycles. The van der Waals surface area contributed by atoms with Gasteiger partial charge in [-0.1, -0.05) is 45.0 Å². The van der Waals surface area contributed by atoms with Gasteiger partial charge in [-0.15, -0.1) is 11.6 Å². The molecule has 1 unspecified atom stereocenters. The number of halogens is 1. The zero-order valence-corrected chi connectivity index (χ0v) is 13.0. The summed E-state index contributed by atoms with van der Waals surface area (Å²) in [5.41, 5.74) is 2.67. The van der Waals surface area contributed by atoms with Gasteiger partial charge in [0.2, 0.25) is 0 Å². The Morgan fingerprint density at radius 1 is 1.26 bits per heavy atom. The molecule has 1 aromatic carbocycles. The fourth-order valence-corrected chi connectivity index (χ4v) is 1.99. The third-order valence-corrected chi connectivity index (χ3v) is 3.45. The summed E-state index contributed by atoms with van der Waals surface area (Å²) < 4.78 is 4.89. The maximum absolute atomic E-state index is 11.4. The number of benzene rings is 1. The molecule has 0 amide bonds. The molecule has 0 N–H and O–H groups in total. The van der Waals surface area contributed by atoms with Crippen molar-refractivity contribution >= 4 is 17.6 Å². The molecule has 106 valence electrons. The Balaban J connectivity index is 2.53. The first-order valence-corrected chi connectivity index (χ1v) is 7.18. The van der Waals surface area contributed by atoms with Crippen LogP contribution in [-0.2, 0) is 21.4 Å². The molecule has 0 saturated carbocycles. The van der Waals surface area contributed by atoms with E-state index >= 15 is 0 Å². The number of ether oxygens (including phenoxy) is 1. The summed E-state index contributed by atoms with van der Waals surface area (Å²) in [6.07, 6.45) is 1.40. The van der Waals surface area contributed by atoms with E-state index in [1.807, 2.05) is 0 Å². The predicted molar refractivity (Wildman–Crippen MR) is 79.7 cm³/mol. The van der Waals surface area contributed by atoms with Crippen LogP contribution in [0.4, 0.5) is 0 Å². The fourth-order valence-electron chi connectivity index (χ4n) is 1.82. The SMILES string of the molecule is CCOC(=O)C(Cl)CCc1ccc(C(C)(C)C)cc1. The Kier molecular flexibility index (Phi) is 5.86. The lowest BCUT2D eigenvalue weighted by molar-refractivity contribution is -0.142. The van der Waals surface area contributed by atoms with Gasteiger partial charge in [0, 0.05) is 0 Å². The van der Waals surface area contributed by atoms with Gasteiger partial charge in [0.05, 0.1) is 6.61 Å². The van der Waals surface area contributed by atoms with Gasteiger partial charge in [-0.25, -0.2) is 0 Å². The number of esters is 1. The zero-order chi connectivity index (χ0) is 14.5. The van der Waals surface area contributed by atoms with Crippen molar-refractivity contribution in [3.05, 3.63) is 35.4 Å². The first-order valence-electron chi connectivity index (χ1n) is 6.74. The first-order chi connectivity index (χ1) is 8.84. The maximum Gasteiger partial charge on any atom is 0.324 e. The van der Waals surface area contributed by atoms with Crippen LogP contribution in [0.1, 0.15) is 45.2 Å². The topological polar surface area (TPSA) is 26.3 Å². The van der Waals surface area contributed by atoms with Crippen LogP contribution < -0.4 is 0 Å². The van der Waals surface area contributed by atoms with E-state index in [9.17, 15) is 4.79 Å². The lowest BCUT2D eigenvalue weighted by Crippen LogP contribution is -2.18. The van der Waals surface area contributed by atoms with Gasteiger partial charge < -0.3 is 4.74 Å². The van der Waals surface area contributed by atoms with Gasteiger partial charge >= 0.3 is 5.97 Å². The molecule has 1 atom stereocenters. The van der Waals surface area contributed by atoms with Gasteiger partial charge in [0.1, 0.15) is 5.38 Å². The Bertz CT molecular complexity index is 404. The van der Waals surface area contributed by atoms with Gasteiger partial charge in [0.15, 0.2) is 0 Å². The van der Waals surface area contributed by atoms with Crippen molar-refractivity contribution in [1.82, 2.24) is 0 Å². The van der Waals surface area contributed by atoms with Crippen LogP contribution in [0.5, 0.6) is 0 Å². The molecule has 2 nitrogen and oxygen atoms in total. The zero-order valence-electron chi connectivity index (χ0n) is 12.2. The van der Waals surface area contributed by atoms with Crippen LogP contribution >= 0.6 is 11.6 Å². The van der Waals surface area contributed by atoms with Crippen molar-refractivity contribution in [2.45, 2.75) is 51.3 Å². The lowest BCUT2D eigenvalue weighted by Gasteiger charge is -2.19. The number of carbonyl (C=O) groups excluding carboxylic acids is 1. The number of hydrogen-bond donors (Lipinski definition) is 0. The molecular formula is C16H23ClO2. The highest BCUT2D eigenvalue weighted by Gasteiger charge is 2.16. The summed E-state index contributed by atoms with van der Waals surface area (Å²) in [4.78, 5) is 11.4. The second kappa shape index (κ2) is 6.95. The van der Waals surface area contributed by atoms with Gasteiger partial charge in [-0.3, -0.25) is 4.79 Å². The number of aryl methyl sites for hydroxylation is 1. The van der Waals surface area contributed by atoms with E-state index in [0.29, 0.717) is 13.0 Å². The van der Waals surface area contributed by atoms with Crippen LogP contribution in [-0.4, -0.2) is 18.0 Å². The maximum atomic E-state index is 11.4. The summed E-state index contributed by atoms with van der Waals surface area (Å²) >= 11 is 5.99. The molecule has 0 aliphatic heterocycles. The second-order valence-corrected chi connectivity index (χ2v) is 6.23. The third-order valence-electron chi connectivity index (χ3n) is 3.05. The molecule has 0 spiro atoms. The molecule has 3 heteroatoms. The molecule has 0 aromatic heterocycles. The van der Waals surface area contributed by atoms with E-state index in [-0.39, 0.29) is 11.4 Å². The monoisotopic (exact) mass is 282 g/mol. The Morgan fingerprint density at radius 2 is 1.84 bits per heavy atom. The van der Waals surface area contributed by atoms with Crippen molar-refractivity contribution in [3.8, 4) is 0 Å². The summed E-state index contributed by atoms with van der Waals surface area (Å²) in [5, 5.41) is -0.553. The van der Waals surface area contributed by atoms with Crippen molar-refractivity contribution in [2.75, 3.05) is 6.61 Å². The lowest BCUT2D eigenvalue weighted by atomic mass is 9.86. The standard InChI is InChI=1S/C16H23ClO2/c1-5-19-15(18)14(17)11-8-12-6-9-13(10-7-12)16(2,3)4/h6-7,9-10,14H,5,8,11H2,1-4H3. The molecule has 1 rings (SSSR count). The van der Waals surface area contributed by atoms with Crippen LogP contribution in [0.3, 0.4) is 0 Å². The average Bonchev–Trinajstić information content (AvgIpc) is 2.35. The van der Waals surface area contributed by atoms with Crippen LogP contribution in [0.2, 0.25) is 0 Å². The molecule has 0 aliphatic rings. The van der Waals surface area contributed by atoms with Crippen LogP contribution in [0, 0.1) is 0 Å². The van der Waals surface area contributed by atoms with Crippen molar-refractivity contribution < 1.29 is 9.53 Å². The minimum absolute atomic E-state index is 0.165. The predicted octanol–water partition coefficient (Wildman–Crippen LogP) is 4.09. The molecule has 1 aromatic rings.